The molecule has 0 aliphatic carbocycles. The first-order valence-electron chi connectivity index (χ1n) is 6.28. The fourth-order valence-corrected chi connectivity index (χ4v) is 1.45. The molecule has 1 aromatic heterocycles. The standard InChI is InChI=1S/C12H20N.F6P/c1-3-4-5-6-7-12-8-10-13(2)11-9-12;1-7(2,3,4,5)6/h8-11H,3-7H2,1-2H3;/q+1;-1. The third-order valence-electron chi connectivity index (χ3n) is 2.37. The summed E-state index contributed by atoms with van der Waals surface area (Å²) in [5.74, 6) is 0. The molecule has 0 aromatic carbocycles. The monoisotopic (exact) mass is 323 g/mol. The molecule has 1 nitrogen and oxygen atoms in total. The van der Waals surface area contributed by atoms with E-state index in [4.69, 9.17) is 0 Å². The van der Waals surface area contributed by atoms with E-state index in [1.807, 2.05) is 0 Å². The van der Waals surface area contributed by atoms with Crippen molar-refractivity contribution in [3.63, 3.8) is 0 Å². The van der Waals surface area contributed by atoms with Crippen molar-refractivity contribution in [2.24, 2.45) is 7.05 Å². The molecule has 0 aliphatic heterocycles. The van der Waals surface area contributed by atoms with Crippen molar-refractivity contribution in [2.45, 2.75) is 39.0 Å². The number of pyridine rings is 1. The zero-order valence-electron chi connectivity index (χ0n) is 11.5. The van der Waals surface area contributed by atoms with Gasteiger partial charge in [-0.25, -0.2) is 4.57 Å². The van der Waals surface area contributed by atoms with Crippen molar-refractivity contribution in [2.75, 3.05) is 0 Å². The summed E-state index contributed by atoms with van der Waals surface area (Å²) >= 11 is 0. The van der Waals surface area contributed by atoms with Crippen LogP contribution in [0.25, 0.3) is 0 Å². The summed E-state index contributed by atoms with van der Waals surface area (Å²) in [5.41, 5.74) is 1.47. The summed E-state index contributed by atoms with van der Waals surface area (Å²) in [6.45, 7) is 2.25. The molecule has 0 unspecified atom stereocenters. The summed E-state index contributed by atoms with van der Waals surface area (Å²) in [5, 5.41) is 0. The average Bonchev–Trinajstić information content (AvgIpc) is 2.23. The van der Waals surface area contributed by atoms with Crippen LogP contribution >= 0.6 is 7.81 Å². The Kier molecular flexibility index (Phi) is 6.02. The number of nitrogens with zero attached hydrogens (tertiary/aromatic N) is 1. The van der Waals surface area contributed by atoms with Gasteiger partial charge in [0.1, 0.15) is 7.05 Å². The molecular formula is C12H20F6NP. The van der Waals surface area contributed by atoms with E-state index < -0.39 is 7.81 Å². The Morgan fingerprint density at radius 2 is 1.35 bits per heavy atom. The maximum absolute atomic E-state index is 10.7. The summed E-state index contributed by atoms with van der Waals surface area (Å²) in [6, 6.07) is 4.43. The van der Waals surface area contributed by atoms with E-state index in [0.717, 1.165) is 0 Å². The molecule has 0 saturated carbocycles. The van der Waals surface area contributed by atoms with Crippen LogP contribution in [0.15, 0.2) is 24.5 Å². The fraction of sp³-hybridized carbons (Fsp3) is 0.583. The van der Waals surface area contributed by atoms with Crippen molar-refractivity contribution >= 4 is 7.81 Å². The van der Waals surface area contributed by atoms with Crippen LogP contribution in [0.1, 0.15) is 38.2 Å². The summed E-state index contributed by atoms with van der Waals surface area (Å²) in [4.78, 5) is 0. The molecule has 0 spiro atoms. The molecule has 0 bridgehead atoms. The molecule has 1 rings (SSSR count). The van der Waals surface area contributed by atoms with Gasteiger partial charge in [0.2, 0.25) is 0 Å². The Hall–Kier alpha value is -0.840. The van der Waals surface area contributed by atoms with Crippen LogP contribution in [-0.4, -0.2) is 0 Å². The molecule has 120 valence electrons. The van der Waals surface area contributed by atoms with Gasteiger partial charge in [0.15, 0.2) is 12.4 Å². The van der Waals surface area contributed by atoms with Crippen LogP contribution < -0.4 is 4.57 Å². The molecule has 0 saturated heterocycles. The SMILES string of the molecule is CCCCCCc1cc[n+](C)cc1.F[P-](F)(F)(F)(F)F. The second-order valence-electron chi connectivity index (χ2n) is 4.64. The second-order valence-corrected chi connectivity index (χ2v) is 6.56. The molecule has 1 heterocycles. The number of hydrogen-bond acceptors (Lipinski definition) is 0. The number of aryl methyl sites for hydroxylation is 2. The first kappa shape index (κ1) is 19.2. The Morgan fingerprint density at radius 1 is 0.900 bits per heavy atom. The van der Waals surface area contributed by atoms with Crippen molar-refractivity contribution < 1.29 is 29.7 Å². The van der Waals surface area contributed by atoms with Gasteiger partial charge < -0.3 is 0 Å². The van der Waals surface area contributed by atoms with Gasteiger partial charge in [0.05, 0.1) is 0 Å². The summed E-state index contributed by atoms with van der Waals surface area (Å²) in [6.07, 6.45) is 10.9. The molecule has 0 aliphatic rings. The molecule has 0 atom stereocenters. The minimum atomic E-state index is -10.7. The molecule has 0 fully saturated rings. The van der Waals surface area contributed by atoms with E-state index in [-0.39, 0.29) is 0 Å². The van der Waals surface area contributed by atoms with E-state index in [1.165, 1.54) is 37.7 Å². The summed E-state index contributed by atoms with van der Waals surface area (Å²) < 4.78 is 61.3. The first-order chi connectivity index (χ1) is 8.78. The van der Waals surface area contributed by atoms with E-state index >= 15 is 0 Å². The van der Waals surface area contributed by atoms with Crippen LogP contribution in [0.2, 0.25) is 0 Å². The first-order valence-corrected chi connectivity index (χ1v) is 8.31. The molecule has 1 aromatic rings. The van der Waals surface area contributed by atoms with Gasteiger partial charge in [-0.3, -0.25) is 0 Å². The van der Waals surface area contributed by atoms with E-state index in [0.29, 0.717) is 0 Å². The van der Waals surface area contributed by atoms with Crippen molar-refractivity contribution in [3.8, 4) is 0 Å². The quantitative estimate of drug-likeness (QED) is 0.270. The second kappa shape index (κ2) is 6.29. The topological polar surface area (TPSA) is 3.88 Å². The van der Waals surface area contributed by atoms with Crippen molar-refractivity contribution in [1.29, 1.82) is 0 Å². The third-order valence-corrected chi connectivity index (χ3v) is 2.37. The Morgan fingerprint density at radius 3 is 1.75 bits per heavy atom. The van der Waals surface area contributed by atoms with Crippen LogP contribution in [-0.2, 0) is 13.5 Å². The Bertz CT molecular complexity index is 385. The zero-order valence-corrected chi connectivity index (χ0v) is 12.4. The van der Waals surface area contributed by atoms with Crippen LogP contribution in [0.5, 0.6) is 0 Å². The van der Waals surface area contributed by atoms with Crippen LogP contribution in [0.3, 0.4) is 0 Å². The molecule has 20 heavy (non-hydrogen) atoms. The van der Waals surface area contributed by atoms with E-state index in [9.17, 15) is 25.2 Å². The normalized spacial score (nSPS) is 14.8. The number of hydrogen-bond donors (Lipinski definition) is 0. The third kappa shape index (κ3) is 19.5. The van der Waals surface area contributed by atoms with Crippen LogP contribution in [0, 0.1) is 0 Å². The van der Waals surface area contributed by atoms with Gasteiger partial charge >= 0.3 is 33.0 Å². The predicted molar refractivity (Wildman–Crippen MR) is 69.0 cm³/mol. The van der Waals surface area contributed by atoms with E-state index in [1.54, 1.807) is 0 Å². The van der Waals surface area contributed by atoms with Gasteiger partial charge in [-0.05, 0) is 18.4 Å². The zero-order chi connectivity index (χ0) is 15.9. The average molecular weight is 323 g/mol. The van der Waals surface area contributed by atoms with E-state index in [2.05, 4.69) is 43.1 Å². The van der Waals surface area contributed by atoms with Gasteiger partial charge in [0, 0.05) is 12.1 Å². The maximum atomic E-state index is 9.87. The van der Waals surface area contributed by atoms with Gasteiger partial charge in [-0.1, -0.05) is 26.2 Å². The number of halogens is 6. The minimum absolute atomic E-state index is 1.24. The Labute approximate surface area is 114 Å². The molecule has 0 N–H and O–H groups in total. The molecule has 8 heteroatoms. The van der Waals surface area contributed by atoms with Gasteiger partial charge in [0.25, 0.3) is 0 Å². The van der Waals surface area contributed by atoms with Crippen LogP contribution in [0.4, 0.5) is 25.2 Å². The van der Waals surface area contributed by atoms with Gasteiger partial charge in [-0.2, -0.15) is 0 Å². The number of unbranched alkanes of at least 4 members (excludes halogenated alkanes) is 3. The molecular weight excluding hydrogens is 303 g/mol. The number of aromatic nitrogens is 1. The predicted octanol–water partition coefficient (Wildman–Crippen LogP) is 6.02. The Balaban J connectivity index is 0.000000441. The van der Waals surface area contributed by atoms with Gasteiger partial charge in [-0.15, -0.1) is 0 Å². The molecule has 0 radical (unpaired) electrons. The molecule has 0 amide bonds. The summed E-state index contributed by atoms with van der Waals surface area (Å²) in [7, 11) is -8.60. The number of rotatable bonds is 5. The van der Waals surface area contributed by atoms with Crippen molar-refractivity contribution in [3.05, 3.63) is 30.1 Å². The fourth-order valence-electron chi connectivity index (χ4n) is 1.45. The van der Waals surface area contributed by atoms with Crippen molar-refractivity contribution in [1.82, 2.24) is 0 Å².